The predicted octanol–water partition coefficient (Wildman–Crippen LogP) is 3.49. The fraction of sp³-hybridized carbons (Fsp3) is 0.550. The molecule has 5 nitrogen and oxygen atoms in total. The third-order valence-electron chi connectivity index (χ3n) is 5.48. The number of carbonyl (C=O) groups excluding carboxylic acids is 1. The van der Waals surface area contributed by atoms with Crippen LogP contribution in [-0.2, 0) is 0 Å². The van der Waals surface area contributed by atoms with Crippen LogP contribution in [0, 0.1) is 11.8 Å². The van der Waals surface area contributed by atoms with Crippen molar-refractivity contribution in [3.63, 3.8) is 0 Å². The zero-order valence-electron chi connectivity index (χ0n) is 15.9. The number of hydrogen-bond donors (Lipinski definition) is 2. The number of amides is 1. The summed E-state index contributed by atoms with van der Waals surface area (Å²) in [6, 6.07) is 4.38. The second kappa shape index (κ2) is 9.05. The second-order valence-electron chi connectivity index (χ2n) is 7.15. The van der Waals surface area contributed by atoms with Gasteiger partial charge in [0.05, 0.1) is 16.3 Å². The van der Waals surface area contributed by atoms with E-state index in [1.165, 1.54) is 6.42 Å². The highest BCUT2D eigenvalue weighted by atomic mass is 35.5. The number of piperidine rings is 1. The van der Waals surface area contributed by atoms with Crippen LogP contribution >= 0.6 is 24.0 Å². The molecule has 1 aromatic carbocycles. The number of anilines is 1. The van der Waals surface area contributed by atoms with Crippen molar-refractivity contribution in [2.24, 2.45) is 0 Å². The highest BCUT2D eigenvalue weighted by molar-refractivity contribution is 6.33. The van der Waals surface area contributed by atoms with E-state index in [4.69, 9.17) is 22.1 Å². The molecule has 27 heavy (non-hydrogen) atoms. The summed E-state index contributed by atoms with van der Waals surface area (Å²) in [6.07, 6.45) is 4.11. The van der Waals surface area contributed by atoms with Gasteiger partial charge in [-0.1, -0.05) is 17.5 Å². The molecule has 0 saturated carbocycles. The van der Waals surface area contributed by atoms with E-state index < -0.39 is 0 Å². The number of ether oxygens (including phenoxy) is 1. The molecule has 4 atom stereocenters. The first-order valence-electron chi connectivity index (χ1n) is 9.11. The standard InChI is InChI=1S/C20H26ClN3O2.ClH/c1-4-5-12(2)26-19-11-16(22)15(21)10-14(19)20(25)23-17-8-6-13-7-9-18(17)24(13)3;/h10-13,17-18H,6-9,22H2,1-3H3,(H,23,25);1H. The van der Waals surface area contributed by atoms with Crippen LogP contribution in [0.25, 0.3) is 0 Å². The molecule has 4 unspecified atom stereocenters. The van der Waals surface area contributed by atoms with Crippen LogP contribution < -0.4 is 15.8 Å². The average Bonchev–Trinajstić information content (AvgIpc) is 2.82. The molecule has 7 heteroatoms. The molecule has 2 aliphatic rings. The summed E-state index contributed by atoms with van der Waals surface area (Å²) in [5, 5.41) is 3.54. The number of nitrogens with zero attached hydrogens (tertiary/aromatic N) is 1. The van der Waals surface area contributed by atoms with Gasteiger partial charge in [0.1, 0.15) is 5.75 Å². The van der Waals surface area contributed by atoms with Gasteiger partial charge >= 0.3 is 0 Å². The third kappa shape index (κ3) is 4.63. The van der Waals surface area contributed by atoms with Gasteiger partial charge < -0.3 is 15.8 Å². The van der Waals surface area contributed by atoms with Crippen molar-refractivity contribution < 1.29 is 9.53 Å². The van der Waals surface area contributed by atoms with Crippen LogP contribution in [0.15, 0.2) is 12.1 Å². The Hall–Kier alpha value is -1.61. The SMILES string of the molecule is CC#CC(C)Oc1cc(N)c(Cl)cc1C(=O)NC1CCC2CCC1N2C.Cl. The Balaban J connectivity index is 0.00000261. The van der Waals surface area contributed by atoms with Crippen LogP contribution in [-0.4, -0.2) is 42.1 Å². The van der Waals surface area contributed by atoms with Gasteiger partial charge in [-0.2, -0.15) is 0 Å². The van der Waals surface area contributed by atoms with Gasteiger partial charge in [-0.25, -0.2) is 0 Å². The Morgan fingerprint density at radius 3 is 2.78 bits per heavy atom. The largest absolute Gasteiger partial charge is 0.477 e. The number of likely N-dealkylation sites (N-methyl/N-ethyl adjacent to an activating group) is 1. The van der Waals surface area contributed by atoms with Crippen molar-refractivity contribution in [2.75, 3.05) is 12.8 Å². The number of nitrogen functional groups attached to an aromatic ring is 1. The molecule has 1 amide bonds. The lowest BCUT2D eigenvalue weighted by Crippen LogP contribution is -2.52. The molecule has 0 radical (unpaired) electrons. The summed E-state index contributed by atoms with van der Waals surface area (Å²) in [4.78, 5) is 15.4. The van der Waals surface area contributed by atoms with Crippen molar-refractivity contribution in [2.45, 2.75) is 63.8 Å². The Kier molecular flexibility index (Phi) is 7.27. The third-order valence-corrected chi connectivity index (χ3v) is 5.81. The number of nitrogens with two attached hydrogens (primary N) is 1. The lowest BCUT2D eigenvalue weighted by Gasteiger charge is -2.37. The van der Waals surface area contributed by atoms with E-state index in [1.54, 1.807) is 19.1 Å². The normalized spacial score (nSPS) is 25.0. The van der Waals surface area contributed by atoms with Gasteiger partial charge in [0.25, 0.3) is 5.91 Å². The Morgan fingerprint density at radius 1 is 1.37 bits per heavy atom. The average molecular weight is 412 g/mol. The lowest BCUT2D eigenvalue weighted by molar-refractivity contribution is 0.0851. The quantitative estimate of drug-likeness (QED) is 0.587. The number of benzene rings is 1. The number of halogens is 2. The molecule has 148 valence electrons. The number of carbonyl (C=O) groups is 1. The second-order valence-corrected chi connectivity index (χ2v) is 7.55. The summed E-state index contributed by atoms with van der Waals surface area (Å²) in [5.41, 5.74) is 6.68. The van der Waals surface area contributed by atoms with Crippen molar-refractivity contribution in [1.29, 1.82) is 0 Å². The topological polar surface area (TPSA) is 67.6 Å². The lowest BCUT2D eigenvalue weighted by atomic mass is 9.97. The molecule has 2 saturated heterocycles. The molecule has 1 aromatic rings. The molecule has 2 fully saturated rings. The summed E-state index contributed by atoms with van der Waals surface area (Å²) in [7, 11) is 2.15. The Labute approximate surface area is 172 Å². The number of nitrogens with one attached hydrogen (secondary N) is 1. The van der Waals surface area contributed by atoms with Crippen LogP contribution in [0.4, 0.5) is 5.69 Å². The fourth-order valence-electron chi connectivity index (χ4n) is 4.12. The Morgan fingerprint density at radius 2 is 2.07 bits per heavy atom. The first-order chi connectivity index (χ1) is 12.4. The predicted molar refractivity (Wildman–Crippen MR) is 112 cm³/mol. The highest BCUT2D eigenvalue weighted by Crippen LogP contribution is 2.35. The van der Waals surface area contributed by atoms with Gasteiger partial charge in [0.15, 0.2) is 6.10 Å². The first kappa shape index (κ1) is 21.7. The molecule has 0 aromatic heterocycles. The summed E-state index contributed by atoms with van der Waals surface area (Å²) in [5.74, 6) is 5.96. The van der Waals surface area contributed by atoms with E-state index >= 15 is 0 Å². The highest BCUT2D eigenvalue weighted by Gasteiger charge is 2.40. The van der Waals surface area contributed by atoms with E-state index in [0.717, 1.165) is 19.3 Å². The van der Waals surface area contributed by atoms with Gasteiger partial charge in [0.2, 0.25) is 0 Å². The minimum atomic E-state index is -0.344. The van der Waals surface area contributed by atoms with Crippen molar-refractivity contribution in [1.82, 2.24) is 10.2 Å². The number of hydrogen-bond acceptors (Lipinski definition) is 4. The summed E-state index contributed by atoms with van der Waals surface area (Å²) >= 11 is 6.16. The Bertz CT molecular complexity index is 760. The molecule has 0 spiro atoms. The maximum Gasteiger partial charge on any atom is 0.255 e. The maximum atomic E-state index is 13.0. The maximum absolute atomic E-state index is 13.0. The van der Waals surface area contributed by atoms with Crippen LogP contribution in [0.2, 0.25) is 5.02 Å². The summed E-state index contributed by atoms with van der Waals surface area (Å²) in [6.45, 7) is 3.58. The van der Waals surface area contributed by atoms with Crippen molar-refractivity contribution in [3.8, 4) is 17.6 Å². The molecule has 3 N–H and O–H groups in total. The van der Waals surface area contributed by atoms with Crippen LogP contribution in [0.5, 0.6) is 5.75 Å². The summed E-state index contributed by atoms with van der Waals surface area (Å²) < 4.78 is 5.83. The van der Waals surface area contributed by atoms with Gasteiger partial charge in [0, 0.05) is 24.2 Å². The molecule has 3 rings (SSSR count). The van der Waals surface area contributed by atoms with E-state index in [2.05, 4.69) is 29.1 Å². The van der Waals surface area contributed by atoms with Gasteiger partial charge in [-0.05, 0) is 52.6 Å². The van der Waals surface area contributed by atoms with E-state index in [9.17, 15) is 4.79 Å². The molecule has 0 aliphatic carbocycles. The zero-order valence-corrected chi connectivity index (χ0v) is 17.5. The van der Waals surface area contributed by atoms with Crippen molar-refractivity contribution >= 4 is 35.6 Å². The molecule has 2 heterocycles. The van der Waals surface area contributed by atoms with E-state index in [1.807, 2.05) is 6.92 Å². The van der Waals surface area contributed by atoms with Gasteiger partial charge in [-0.3, -0.25) is 9.69 Å². The molecular formula is C20H27Cl2N3O2. The number of rotatable bonds is 4. The minimum Gasteiger partial charge on any atom is -0.477 e. The van der Waals surface area contributed by atoms with Gasteiger partial charge in [-0.15, -0.1) is 18.3 Å². The van der Waals surface area contributed by atoms with E-state index in [0.29, 0.717) is 34.1 Å². The fourth-order valence-corrected chi connectivity index (χ4v) is 4.28. The zero-order chi connectivity index (χ0) is 18.8. The minimum absolute atomic E-state index is 0. The molecular weight excluding hydrogens is 385 g/mol. The number of fused-ring (bicyclic) bond motifs is 2. The molecule has 2 aliphatic heterocycles. The van der Waals surface area contributed by atoms with Crippen molar-refractivity contribution in [3.05, 3.63) is 22.7 Å². The molecule has 2 bridgehead atoms. The van der Waals surface area contributed by atoms with E-state index in [-0.39, 0.29) is 30.5 Å². The van der Waals surface area contributed by atoms with Crippen LogP contribution in [0.3, 0.4) is 0 Å². The van der Waals surface area contributed by atoms with Crippen LogP contribution in [0.1, 0.15) is 49.9 Å². The first-order valence-corrected chi connectivity index (χ1v) is 9.49. The monoisotopic (exact) mass is 411 g/mol. The smallest absolute Gasteiger partial charge is 0.255 e.